The van der Waals surface area contributed by atoms with Crippen molar-refractivity contribution >= 4 is 11.8 Å². The number of nitrogens with zero attached hydrogens (tertiary/aromatic N) is 4. The van der Waals surface area contributed by atoms with Gasteiger partial charge in [0.25, 0.3) is 0 Å². The van der Waals surface area contributed by atoms with E-state index in [-0.39, 0.29) is 17.7 Å². The van der Waals surface area contributed by atoms with Crippen LogP contribution in [0.4, 0.5) is 0 Å². The fraction of sp³-hybridized carbons (Fsp3) is 0.375. The molecule has 0 atom stereocenters. The molecule has 0 aliphatic carbocycles. The molecule has 1 aromatic carbocycles. The molecule has 1 aliphatic rings. The van der Waals surface area contributed by atoms with Crippen molar-refractivity contribution in [3.05, 3.63) is 35.7 Å². The van der Waals surface area contributed by atoms with Crippen molar-refractivity contribution in [1.82, 2.24) is 20.0 Å². The number of aromatic nitrogens is 2. The van der Waals surface area contributed by atoms with Gasteiger partial charge in [0.2, 0.25) is 11.8 Å². The highest BCUT2D eigenvalue weighted by Crippen LogP contribution is 2.19. The van der Waals surface area contributed by atoms with E-state index >= 15 is 0 Å². The molecule has 2 aromatic rings. The fourth-order valence-corrected chi connectivity index (χ4v) is 2.48. The molecule has 0 bridgehead atoms. The third-order valence-electron chi connectivity index (χ3n) is 3.92. The Bertz CT molecular complexity index is 715. The summed E-state index contributed by atoms with van der Waals surface area (Å²) in [5.41, 5.74) is 1.91. The first kappa shape index (κ1) is 15.2. The maximum atomic E-state index is 12.4. The smallest absolute Gasteiger partial charge is 0.311 e. The van der Waals surface area contributed by atoms with Gasteiger partial charge in [0.05, 0.1) is 0 Å². The number of benzene rings is 1. The van der Waals surface area contributed by atoms with Crippen LogP contribution in [0.1, 0.15) is 23.2 Å². The normalized spacial score (nSPS) is 14.9. The fourth-order valence-electron chi connectivity index (χ4n) is 2.48. The van der Waals surface area contributed by atoms with Gasteiger partial charge in [-0.15, -0.1) is 10.2 Å². The van der Waals surface area contributed by atoms with Gasteiger partial charge in [-0.25, -0.2) is 0 Å². The third-order valence-corrected chi connectivity index (χ3v) is 3.92. The van der Waals surface area contributed by atoms with Gasteiger partial charge in [-0.05, 0) is 19.1 Å². The number of carbonyl (C=O) groups excluding carboxylic acids is 2. The van der Waals surface area contributed by atoms with Crippen LogP contribution in [0.2, 0.25) is 0 Å². The quantitative estimate of drug-likeness (QED) is 0.836. The molecule has 23 heavy (non-hydrogen) atoms. The average molecular weight is 314 g/mol. The summed E-state index contributed by atoms with van der Waals surface area (Å²) in [7, 11) is 0. The lowest BCUT2D eigenvalue weighted by Crippen LogP contribution is -2.50. The van der Waals surface area contributed by atoms with Crippen LogP contribution in [0.25, 0.3) is 11.5 Å². The summed E-state index contributed by atoms with van der Waals surface area (Å²) in [6.07, 6.45) is 0. The topological polar surface area (TPSA) is 79.5 Å². The molecule has 0 N–H and O–H groups in total. The Balaban J connectivity index is 1.69. The zero-order valence-electron chi connectivity index (χ0n) is 13.2. The van der Waals surface area contributed by atoms with Crippen molar-refractivity contribution in [2.45, 2.75) is 13.8 Å². The van der Waals surface area contributed by atoms with Gasteiger partial charge in [0.1, 0.15) is 0 Å². The zero-order chi connectivity index (χ0) is 16.4. The summed E-state index contributed by atoms with van der Waals surface area (Å²) < 4.78 is 5.50. The lowest BCUT2D eigenvalue weighted by Gasteiger charge is -2.33. The SMILES string of the molecule is CC(=O)N1CCN(C(=O)c2nnc(-c3ccc(C)cc3)o2)CC1. The first-order valence-electron chi connectivity index (χ1n) is 7.50. The lowest BCUT2D eigenvalue weighted by molar-refractivity contribution is -0.130. The first-order chi connectivity index (χ1) is 11.0. The molecule has 1 aromatic heterocycles. The number of aryl methyl sites for hydroxylation is 1. The maximum absolute atomic E-state index is 12.4. The summed E-state index contributed by atoms with van der Waals surface area (Å²) in [5, 5.41) is 7.80. The van der Waals surface area contributed by atoms with E-state index < -0.39 is 0 Å². The van der Waals surface area contributed by atoms with Crippen LogP contribution in [-0.4, -0.2) is 58.0 Å². The van der Waals surface area contributed by atoms with Gasteiger partial charge in [-0.3, -0.25) is 9.59 Å². The molecule has 2 amide bonds. The molecular formula is C16H18N4O3. The molecule has 1 aliphatic heterocycles. The highest BCUT2D eigenvalue weighted by Gasteiger charge is 2.26. The molecule has 0 unspecified atom stereocenters. The summed E-state index contributed by atoms with van der Waals surface area (Å²) in [6.45, 7) is 5.53. The summed E-state index contributed by atoms with van der Waals surface area (Å²) >= 11 is 0. The van der Waals surface area contributed by atoms with Crippen LogP contribution < -0.4 is 0 Å². The number of amides is 2. The van der Waals surface area contributed by atoms with Gasteiger partial charge in [0, 0.05) is 38.7 Å². The molecule has 120 valence electrons. The van der Waals surface area contributed by atoms with Crippen LogP contribution in [0.3, 0.4) is 0 Å². The van der Waals surface area contributed by atoms with Gasteiger partial charge in [0.15, 0.2) is 0 Å². The summed E-state index contributed by atoms with van der Waals surface area (Å²) in [5.74, 6) is 0.0446. The van der Waals surface area contributed by atoms with Gasteiger partial charge in [-0.1, -0.05) is 17.7 Å². The first-order valence-corrected chi connectivity index (χ1v) is 7.50. The van der Waals surface area contributed by atoms with Crippen molar-refractivity contribution in [2.24, 2.45) is 0 Å². The minimum Gasteiger partial charge on any atom is -0.412 e. The zero-order valence-corrected chi connectivity index (χ0v) is 13.2. The monoisotopic (exact) mass is 314 g/mol. The Labute approximate surface area is 133 Å². The van der Waals surface area contributed by atoms with E-state index in [0.29, 0.717) is 32.1 Å². The minimum absolute atomic E-state index is 0.0168. The van der Waals surface area contributed by atoms with Crippen LogP contribution in [0, 0.1) is 6.92 Å². The molecule has 3 rings (SSSR count). The van der Waals surface area contributed by atoms with Crippen molar-refractivity contribution in [3.63, 3.8) is 0 Å². The van der Waals surface area contributed by atoms with Crippen LogP contribution in [0.15, 0.2) is 28.7 Å². The van der Waals surface area contributed by atoms with E-state index in [4.69, 9.17) is 4.42 Å². The number of carbonyl (C=O) groups is 2. The van der Waals surface area contributed by atoms with Gasteiger partial charge < -0.3 is 14.2 Å². The molecule has 7 nitrogen and oxygen atoms in total. The molecule has 1 fully saturated rings. The maximum Gasteiger partial charge on any atom is 0.311 e. The predicted molar refractivity (Wildman–Crippen MR) is 82.6 cm³/mol. The Morgan fingerprint density at radius 1 is 1.00 bits per heavy atom. The van der Waals surface area contributed by atoms with E-state index in [2.05, 4.69) is 10.2 Å². The lowest BCUT2D eigenvalue weighted by atomic mass is 10.1. The van der Waals surface area contributed by atoms with Gasteiger partial charge in [-0.2, -0.15) is 0 Å². The van der Waals surface area contributed by atoms with Gasteiger partial charge >= 0.3 is 11.8 Å². The summed E-state index contributed by atoms with van der Waals surface area (Å²) in [4.78, 5) is 27.1. The molecule has 0 radical (unpaired) electrons. The number of hydrogen-bond acceptors (Lipinski definition) is 5. The Hall–Kier alpha value is -2.70. The van der Waals surface area contributed by atoms with Crippen LogP contribution in [0.5, 0.6) is 0 Å². The van der Waals surface area contributed by atoms with Crippen molar-refractivity contribution in [3.8, 4) is 11.5 Å². The number of rotatable bonds is 2. The average Bonchev–Trinajstić information content (AvgIpc) is 3.05. The van der Waals surface area contributed by atoms with E-state index in [1.807, 2.05) is 31.2 Å². The van der Waals surface area contributed by atoms with E-state index in [1.54, 1.807) is 9.80 Å². The van der Waals surface area contributed by atoms with E-state index in [9.17, 15) is 9.59 Å². The second-order valence-electron chi connectivity index (χ2n) is 5.58. The Kier molecular flexibility index (Phi) is 4.10. The summed E-state index contributed by atoms with van der Waals surface area (Å²) in [6, 6.07) is 7.65. The van der Waals surface area contributed by atoms with Crippen molar-refractivity contribution in [1.29, 1.82) is 0 Å². The second-order valence-corrected chi connectivity index (χ2v) is 5.58. The van der Waals surface area contributed by atoms with Crippen molar-refractivity contribution < 1.29 is 14.0 Å². The Morgan fingerprint density at radius 3 is 2.22 bits per heavy atom. The standard InChI is InChI=1S/C16H18N4O3/c1-11-3-5-13(6-4-11)14-17-18-15(23-14)16(22)20-9-7-19(8-10-20)12(2)21/h3-6H,7-10H2,1-2H3. The predicted octanol–water partition coefficient (Wildman–Crippen LogP) is 1.35. The largest absolute Gasteiger partial charge is 0.412 e. The highest BCUT2D eigenvalue weighted by atomic mass is 16.4. The highest BCUT2D eigenvalue weighted by molar-refractivity contribution is 5.90. The van der Waals surface area contributed by atoms with E-state index in [1.165, 1.54) is 6.92 Å². The minimum atomic E-state index is -0.293. The van der Waals surface area contributed by atoms with E-state index in [0.717, 1.165) is 11.1 Å². The molecule has 0 saturated carbocycles. The molecular weight excluding hydrogens is 296 g/mol. The molecule has 0 spiro atoms. The number of hydrogen-bond donors (Lipinski definition) is 0. The number of piperazine rings is 1. The van der Waals surface area contributed by atoms with Crippen LogP contribution in [-0.2, 0) is 4.79 Å². The Morgan fingerprint density at radius 2 is 1.61 bits per heavy atom. The molecule has 2 heterocycles. The second kappa shape index (κ2) is 6.20. The van der Waals surface area contributed by atoms with Crippen LogP contribution >= 0.6 is 0 Å². The molecule has 7 heteroatoms. The molecule has 1 saturated heterocycles. The third kappa shape index (κ3) is 3.23. The van der Waals surface area contributed by atoms with Crippen molar-refractivity contribution in [2.75, 3.05) is 26.2 Å².